The molecule has 0 aliphatic rings. The van der Waals surface area contributed by atoms with Crippen LogP contribution in [0.3, 0.4) is 0 Å². The minimum absolute atomic E-state index is 0.315. The lowest BCUT2D eigenvalue weighted by Crippen LogP contribution is -2.31. The van der Waals surface area contributed by atoms with Crippen LogP contribution < -0.4 is 14.4 Å². The normalized spacial score (nSPS) is 11.7. The molecular formula is C31H35Cl4N6S2+. The van der Waals surface area contributed by atoms with Crippen LogP contribution in [0.15, 0.2) is 48.5 Å². The minimum atomic E-state index is 0.315. The largest absolute Gasteiger partial charge is 0.374 e. The van der Waals surface area contributed by atoms with Crippen molar-refractivity contribution in [1.82, 2.24) is 14.1 Å². The van der Waals surface area contributed by atoms with E-state index in [1.54, 1.807) is 4.57 Å². The molecule has 0 atom stereocenters. The molecule has 4 aromatic rings. The highest BCUT2D eigenvalue weighted by molar-refractivity contribution is 8.76. The van der Waals surface area contributed by atoms with Crippen LogP contribution >= 0.6 is 68.0 Å². The minimum Gasteiger partial charge on any atom is -0.374 e. The highest BCUT2D eigenvalue weighted by Gasteiger charge is 2.21. The summed E-state index contributed by atoms with van der Waals surface area (Å²) in [6.07, 6.45) is 8.01. The van der Waals surface area contributed by atoms with Gasteiger partial charge in [-0.15, -0.1) is 0 Å². The molecule has 2 aromatic carbocycles. The standard InChI is InChI=1S/C31H35Cl4N6S2/c1-37(24-12-6-22(7-13-24)10-16-26-36-28(32)29(33)39(26)3)18-20-42-43-21-19-38(2)25-14-8-23(9-15-25)11-17-27-40(4)30(34)31(35)41(27)5/h6-17H,18-21H2,1-5H3/q+1/b16-10+. The Balaban J connectivity index is 1.15. The average molecular weight is 698 g/mol. The van der Waals surface area contributed by atoms with Crippen LogP contribution in [0.25, 0.3) is 24.3 Å². The van der Waals surface area contributed by atoms with Crippen molar-refractivity contribution in [3.8, 4) is 0 Å². The van der Waals surface area contributed by atoms with E-state index < -0.39 is 0 Å². The SMILES string of the molecule is CN(CCSSCCN(C)c1ccc(/C=C/c2n(C)c(Cl)c(Cl)[n+]2C)cc1)c1ccc(/C=C/c2nc(Cl)c(Cl)n2C)cc1. The Morgan fingerprint density at radius 1 is 0.721 bits per heavy atom. The Bertz CT molecular complexity index is 1550. The molecule has 0 aliphatic carbocycles. The van der Waals surface area contributed by atoms with Crippen LogP contribution in [0.5, 0.6) is 0 Å². The van der Waals surface area contributed by atoms with Gasteiger partial charge in [-0.3, -0.25) is 0 Å². The van der Waals surface area contributed by atoms with Gasteiger partial charge in [0.05, 0.1) is 14.1 Å². The summed E-state index contributed by atoms with van der Waals surface area (Å²) in [6, 6.07) is 17.0. The molecule has 0 fully saturated rings. The number of anilines is 2. The lowest BCUT2D eigenvalue weighted by Gasteiger charge is -2.20. The highest BCUT2D eigenvalue weighted by atomic mass is 35.5. The fourth-order valence-corrected chi connectivity index (χ4v) is 7.14. The summed E-state index contributed by atoms with van der Waals surface area (Å²) in [7, 11) is 13.7. The average Bonchev–Trinajstić information content (AvgIpc) is 3.37. The molecule has 4 rings (SSSR count). The maximum atomic E-state index is 6.24. The fourth-order valence-electron chi connectivity index (χ4n) is 4.28. The molecule has 0 unspecified atom stereocenters. The van der Waals surface area contributed by atoms with Crippen LogP contribution in [0.2, 0.25) is 20.6 Å². The van der Waals surface area contributed by atoms with Gasteiger partial charge in [0, 0.05) is 63.2 Å². The number of rotatable bonds is 13. The van der Waals surface area contributed by atoms with E-state index in [0.29, 0.717) is 26.4 Å². The quantitative estimate of drug-likeness (QED) is 0.0796. The van der Waals surface area contributed by atoms with Gasteiger partial charge in [-0.1, -0.05) is 75.1 Å². The number of imidazole rings is 2. The molecule has 0 amide bonds. The number of aromatic nitrogens is 4. The molecular weight excluding hydrogens is 662 g/mol. The summed E-state index contributed by atoms with van der Waals surface area (Å²) in [5, 5.41) is 1.81. The van der Waals surface area contributed by atoms with E-state index in [2.05, 4.69) is 83.5 Å². The van der Waals surface area contributed by atoms with Crippen molar-refractivity contribution >= 4 is 104 Å². The first kappa shape index (κ1) is 33.7. The number of benzene rings is 2. The predicted octanol–water partition coefficient (Wildman–Crippen LogP) is 8.49. The molecule has 2 aromatic heterocycles. The lowest BCUT2D eigenvalue weighted by atomic mass is 10.2. The Morgan fingerprint density at radius 2 is 1.21 bits per heavy atom. The zero-order valence-electron chi connectivity index (χ0n) is 24.8. The van der Waals surface area contributed by atoms with Crippen LogP contribution in [0.1, 0.15) is 22.8 Å². The van der Waals surface area contributed by atoms with Crippen molar-refractivity contribution in [2.45, 2.75) is 0 Å². The molecule has 43 heavy (non-hydrogen) atoms. The molecule has 0 aliphatic heterocycles. The van der Waals surface area contributed by atoms with Gasteiger partial charge in [0.25, 0.3) is 16.1 Å². The first-order valence-electron chi connectivity index (χ1n) is 13.6. The molecule has 228 valence electrons. The van der Waals surface area contributed by atoms with E-state index in [4.69, 9.17) is 46.4 Å². The van der Waals surface area contributed by atoms with Crippen LogP contribution in [0.4, 0.5) is 11.4 Å². The van der Waals surface area contributed by atoms with Gasteiger partial charge < -0.3 is 14.4 Å². The van der Waals surface area contributed by atoms with Crippen LogP contribution in [-0.2, 0) is 21.1 Å². The third-order valence-corrected chi connectivity index (χ3v) is 11.2. The number of hydrogen-bond acceptors (Lipinski definition) is 5. The Hall–Kier alpha value is -2.20. The van der Waals surface area contributed by atoms with Gasteiger partial charge in [-0.25, -0.2) is 14.1 Å². The molecule has 12 heteroatoms. The van der Waals surface area contributed by atoms with Gasteiger partial charge in [0.2, 0.25) is 0 Å². The van der Waals surface area contributed by atoms with Crippen LogP contribution in [0, 0.1) is 0 Å². The Kier molecular flexibility index (Phi) is 12.3. The Morgan fingerprint density at radius 3 is 1.63 bits per heavy atom. The van der Waals surface area contributed by atoms with E-state index in [-0.39, 0.29) is 0 Å². The predicted molar refractivity (Wildman–Crippen MR) is 192 cm³/mol. The van der Waals surface area contributed by atoms with Crippen molar-refractivity contribution in [3.05, 3.63) is 91.9 Å². The van der Waals surface area contributed by atoms with Crippen LogP contribution in [-0.4, -0.2) is 52.8 Å². The molecule has 0 spiro atoms. The second kappa shape index (κ2) is 15.7. The third-order valence-electron chi connectivity index (χ3n) is 7.09. The molecule has 0 radical (unpaired) electrons. The third kappa shape index (κ3) is 8.71. The maximum Gasteiger partial charge on any atom is 0.283 e. The summed E-state index contributed by atoms with van der Waals surface area (Å²) in [4.78, 5) is 8.83. The fraction of sp³-hybridized carbons (Fsp3) is 0.290. The molecule has 2 heterocycles. The molecule has 0 saturated heterocycles. The van der Waals surface area contributed by atoms with Crippen molar-refractivity contribution in [3.63, 3.8) is 0 Å². The van der Waals surface area contributed by atoms with Gasteiger partial charge in [0.1, 0.15) is 11.0 Å². The maximum absolute atomic E-state index is 6.24. The molecule has 0 bridgehead atoms. The summed E-state index contributed by atoms with van der Waals surface area (Å²) >= 11 is 24.6. The van der Waals surface area contributed by atoms with Crippen molar-refractivity contribution in [1.29, 1.82) is 0 Å². The molecule has 6 nitrogen and oxygen atoms in total. The second-order valence-corrected chi connectivity index (χ2v) is 14.1. The topological polar surface area (TPSA) is 33.1 Å². The second-order valence-electron chi connectivity index (χ2n) is 10.0. The van der Waals surface area contributed by atoms with Crippen molar-refractivity contribution in [2.24, 2.45) is 21.1 Å². The Labute approximate surface area is 282 Å². The van der Waals surface area contributed by atoms with Gasteiger partial charge in [-0.05, 0) is 70.7 Å². The monoisotopic (exact) mass is 695 g/mol. The first-order valence-corrected chi connectivity index (χ1v) is 17.6. The van der Waals surface area contributed by atoms with E-state index in [9.17, 15) is 0 Å². The summed E-state index contributed by atoms with van der Waals surface area (Å²) in [5.74, 6) is 3.74. The van der Waals surface area contributed by atoms with Gasteiger partial charge in [0.15, 0.2) is 5.15 Å². The number of halogens is 4. The van der Waals surface area contributed by atoms with E-state index >= 15 is 0 Å². The number of hydrogen-bond donors (Lipinski definition) is 0. The van der Waals surface area contributed by atoms with E-state index in [1.807, 2.05) is 70.1 Å². The lowest BCUT2D eigenvalue weighted by molar-refractivity contribution is -0.670. The van der Waals surface area contributed by atoms with E-state index in [1.165, 1.54) is 11.4 Å². The van der Waals surface area contributed by atoms with E-state index in [0.717, 1.165) is 41.5 Å². The molecule has 0 saturated carbocycles. The number of nitrogens with zero attached hydrogens (tertiary/aromatic N) is 6. The first-order chi connectivity index (χ1) is 20.6. The molecule has 0 N–H and O–H groups in total. The van der Waals surface area contributed by atoms with Gasteiger partial charge >= 0.3 is 0 Å². The van der Waals surface area contributed by atoms with Gasteiger partial charge in [-0.2, -0.15) is 0 Å². The summed E-state index contributed by atoms with van der Waals surface area (Å²) < 4.78 is 5.49. The zero-order chi connectivity index (χ0) is 31.1. The summed E-state index contributed by atoms with van der Waals surface area (Å²) in [6.45, 7) is 1.95. The van der Waals surface area contributed by atoms with Crippen molar-refractivity contribution in [2.75, 3.05) is 48.5 Å². The smallest absolute Gasteiger partial charge is 0.283 e. The zero-order valence-corrected chi connectivity index (χ0v) is 29.4. The van der Waals surface area contributed by atoms with Crippen molar-refractivity contribution < 1.29 is 4.57 Å². The highest BCUT2D eigenvalue weighted by Crippen LogP contribution is 2.25. The summed E-state index contributed by atoms with van der Waals surface area (Å²) in [5.41, 5.74) is 4.59.